The summed E-state index contributed by atoms with van der Waals surface area (Å²) in [6.07, 6.45) is 5.63. The third-order valence-corrected chi connectivity index (χ3v) is 6.15. The maximum absolute atomic E-state index is 14.3. The summed E-state index contributed by atoms with van der Waals surface area (Å²) in [7, 11) is 1.53. The standard InChI is InChI=1S/C22H22FN3O3/c1-13-5-4-6-15(18(13)23)16(27)7-14-8-26-9-17(25-19(26)20(24-14)28-3)22-10-21(2,11-22)29-12-22/h4-6,8-9H,7,10-12H2,1-3H3. The number of carbonyl (C=O) groups is 1. The molecule has 150 valence electrons. The molecule has 1 saturated carbocycles. The molecule has 0 unspecified atom stereocenters. The van der Waals surface area contributed by atoms with Crippen molar-refractivity contribution in [2.45, 2.75) is 44.1 Å². The van der Waals surface area contributed by atoms with Gasteiger partial charge in [-0.25, -0.2) is 14.4 Å². The Kier molecular flexibility index (Phi) is 3.84. The fourth-order valence-electron chi connectivity index (χ4n) is 4.77. The van der Waals surface area contributed by atoms with Crippen molar-refractivity contribution in [2.24, 2.45) is 0 Å². The maximum atomic E-state index is 14.3. The zero-order chi connectivity index (χ0) is 20.4. The van der Waals surface area contributed by atoms with E-state index in [-0.39, 0.29) is 28.8 Å². The van der Waals surface area contributed by atoms with Gasteiger partial charge in [-0.15, -0.1) is 0 Å². The lowest BCUT2D eigenvalue weighted by atomic mass is 9.62. The minimum absolute atomic E-state index is 0.0213. The summed E-state index contributed by atoms with van der Waals surface area (Å²) in [4.78, 5) is 21.9. The van der Waals surface area contributed by atoms with Crippen LogP contribution >= 0.6 is 0 Å². The summed E-state index contributed by atoms with van der Waals surface area (Å²) in [6.45, 7) is 4.44. The Labute approximate surface area is 167 Å². The molecule has 1 aromatic carbocycles. The molecule has 1 aliphatic carbocycles. The number of carbonyl (C=O) groups excluding carboxylic acids is 1. The summed E-state index contributed by atoms with van der Waals surface area (Å²) < 4.78 is 27.5. The van der Waals surface area contributed by atoms with Crippen LogP contribution in [0.25, 0.3) is 5.65 Å². The number of aromatic nitrogens is 3. The largest absolute Gasteiger partial charge is 0.478 e. The van der Waals surface area contributed by atoms with E-state index in [1.807, 2.05) is 10.6 Å². The molecule has 7 heteroatoms. The SMILES string of the molecule is COc1nc(CC(=O)c2cccc(C)c2F)cn2cc(C34COC(C)(C3)C4)nc12. The summed E-state index contributed by atoms with van der Waals surface area (Å²) in [5, 5.41) is 0. The molecule has 3 fully saturated rings. The normalized spacial score (nSPS) is 25.2. The second-order valence-electron chi connectivity index (χ2n) is 8.51. The highest BCUT2D eigenvalue weighted by Gasteiger charge is 2.61. The molecule has 0 amide bonds. The maximum Gasteiger partial charge on any atom is 0.258 e. The molecule has 3 aromatic rings. The predicted octanol–water partition coefficient (Wildman–Crippen LogP) is 3.43. The van der Waals surface area contributed by atoms with E-state index in [4.69, 9.17) is 14.5 Å². The van der Waals surface area contributed by atoms with Crippen LogP contribution in [0.5, 0.6) is 5.88 Å². The molecular formula is C22H22FN3O3. The van der Waals surface area contributed by atoms with Gasteiger partial charge in [0.1, 0.15) is 5.82 Å². The van der Waals surface area contributed by atoms with Gasteiger partial charge in [-0.2, -0.15) is 0 Å². The van der Waals surface area contributed by atoms with E-state index in [1.54, 1.807) is 25.3 Å². The lowest BCUT2D eigenvalue weighted by Crippen LogP contribution is -2.45. The fraction of sp³-hybridized carbons (Fsp3) is 0.409. The zero-order valence-corrected chi connectivity index (χ0v) is 16.7. The summed E-state index contributed by atoms with van der Waals surface area (Å²) >= 11 is 0. The van der Waals surface area contributed by atoms with E-state index >= 15 is 0 Å². The number of halogens is 1. The van der Waals surface area contributed by atoms with Crippen molar-refractivity contribution in [3.63, 3.8) is 0 Å². The smallest absolute Gasteiger partial charge is 0.258 e. The molecule has 0 spiro atoms. The van der Waals surface area contributed by atoms with Crippen LogP contribution in [0, 0.1) is 12.7 Å². The van der Waals surface area contributed by atoms with E-state index < -0.39 is 5.82 Å². The van der Waals surface area contributed by atoms with Crippen molar-refractivity contribution >= 4 is 11.4 Å². The monoisotopic (exact) mass is 395 g/mol. The Balaban J connectivity index is 1.49. The van der Waals surface area contributed by atoms with Gasteiger partial charge >= 0.3 is 0 Å². The first-order chi connectivity index (χ1) is 13.8. The van der Waals surface area contributed by atoms with Gasteiger partial charge in [0.05, 0.1) is 42.7 Å². The van der Waals surface area contributed by atoms with Crippen molar-refractivity contribution in [3.8, 4) is 5.88 Å². The van der Waals surface area contributed by atoms with Crippen LogP contribution in [0.4, 0.5) is 4.39 Å². The number of nitrogens with zero attached hydrogens (tertiary/aromatic N) is 3. The highest BCUT2D eigenvalue weighted by atomic mass is 19.1. The van der Waals surface area contributed by atoms with Gasteiger partial charge < -0.3 is 13.9 Å². The molecule has 0 radical (unpaired) electrons. The second-order valence-corrected chi connectivity index (χ2v) is 8.51. The summed E-state index contributed by atoms with van der Waals surface area (Å²) in [5.74, 6) is -0.453. The van der Waals surface area contributed by atoms with Gasteiger partial charge in [0.25, 0.3) is 5.88 Å². The van der Waals surface area contributed by atoms with Crippen LogP contribution in [0.3, 0.4) is 0 Å². The molecule has 2 bridgehead atoms. The average molecular weight is 395 g/mol. The third-order valence-electron chi connectivity index (χ3n) is 6.15. The van der Waals surface area contributed by atoms with E-state index in [2.05, 4.69) is 11.9 Å². The number of Topliss-reactive ketones (excluding diaryl/α,β-unsaturated/α-hetero) is 1. The van der Waals surface area contributed by atoms with Crippen molar-refractivity contribution in [1.29, 1.82) is 0 Å². The molecule has 0 atom stereocenters. The van der Waals surface area contributed by atoms with Crippen LogP contribution in [-0.4, -0.2) is 39.5 Å². The Morgan fingerprint density at radius 1 is 1.31 bits per heavy atom. The van der Waals surface area contributed by atoms with Crippen LogP contribution in [-0.2, 0) is 16.6 Å². The number of imidazole rings is 1. The van der Waals surface area contributed by atoms with Crippen LogP contribution in [0.15, 0.2) is 30.6 Å². The van der Waals surface area contributed by atoms with Gasteiger partial charge in [-0.05, 0) is 38.3 Å². The van der Waals surface area contributed by atoms with Gasteiger partial charge in [0.2, 0.25) is 5.65 Å². The van der Waals surface area contributed by atoms with E-state index in [0.717, 1.165) is 18.5 Å². The van der Waals surface area contributed by atoms with Crippen molar-refractivity contribution < 1.29 is 18.7 Å². The van der Waals surface area contributed by atoms with Crippen molar-refractivity contribution in [3.05, 3.63) is 58.9 Å². The lowest BCUT2D eigenvalue weighted by molar-refractivity contribution is 0.0154. The number of ether oxygens (including phenoxy) is 2. The topological polar surface area (TPSA) is 65.7 Å². The van der Waals surface area contributed by atoms with Crippen molar-refractivity contribution in [2.75, 3.05) is 13.7 Å². The molecule has 2 aromatic heterocycles. The quantitative estimate of drug-likeness (QED) is 0.620. The van der Waals surface area contributed by atoms with Gasteiger partial charge in [-0.1, -0.05) is 12.1 Å². The molecule has 2 saturated heterocycles. The van der Waals surface area contributed by atoms with Crippen molar-refractivity contribution in [1.82, 2.24) is 14.4 Å². The number of rotatable bonds is 5. The number of hydrogen-bond acceptors (Lipinski definition) is 5. The highest BCUT2D eigenvalue weighted by molar-refractivity contribution is 5.97. The molecule has 2 aliphatic heterocycles. The number of methoxy groups -OCH3 is 1. The van der Waals surface area contributed by atoms with E-state index in [0.29, 0.717) is 29.4 Å². The average Bonchev–Trinajstić information content (AvgIpc) is 3.34. The molecule has 6 nitrogen and oxygen atoms in total. The van der Waals surface area contributed by atoms with E-state index in [1.165, 1.54) is 13.2 Å². The first kappa shape index (κ1) is 18.2. The fourth-order valence-corrected chi connectivity index (χ4v) is 4.77. The minimum Gasteiger partial charge on any atom is -0.478 e. The second kappa shape index (κ2) is 6.10. The predicted molar refractivity (Wildman–Crippen MR) is 104 cm³/mol. The molecule has 6 rings (SSSR count). The summed E-state index contributed by atoms with van der Waals surface area (Å²) in [5.41, 5.74) is 2.51. The van der Waals surface area contributed by atoms with Gasteiger partial charge in [0.15, 0.2) is 5.78 Å². The summed E-state index contributed by atoms with van der Waals surface area (Å²) in [6, 6.07) is 4.83. The Bertz CT molecular complexity index is 1150. The molecular weight excluding hydrogens is 373 g/mol. The van der Waals surface area contributed by atoms with Gasteiger partial charge in [-0.3, -0.25) is 4.79 Å². The molecule has 0 N–H and O–H groups in total. The third kappa shape index (κ3) is 2.75. The first-order valence-corrected chi connectivity index (χ1v) is 9.68. The molecule has 29 heavy (non-hydrogen) atoms. The molecule has 3 aliphatic rings. The minimum atomic E-state index is -0.483. The Hall–Kier alpha value is -2.80. The van der Waals surface area contributed by atoms with Gasteiger partial charge in [0, 0.05) is 17.8 Å². The zero-order valence-electron chi connectivity index (χ0n) is 16.7. The van der Waals surface area contributed by atoms with Crippen LogP contribution in [0.1, 0.15) is 47.1 Å². The Morgan fingerprint density at radius 3 is 2.79 bits per heavy atom. The van der Waals surface area contributed by atoms with Crippen LogP contribution < -0.4 is 4.74 Å². The number of benzene rings is 1. The lowest BCUT2D eigenvalue weighted by Gasteiger charge is -2.41. The highest BCUT2D eigenvalue weighted by Crippen LogP contribution is 2.58. The number of fused-ring (bicyclic) bond motifs is 2. The number of hydrogen-bond donors (Lipinski definition) is 0. The number of ketones is 1. The van der Waals surface area contributed by atoms with Crippen LogP contribution in [0.2, 0.25) is 0 Å². The molecule has 4 heterocycles. The first-order valence-electron chi connectivity index (χ1n) is 9.68. The number of aryl methyl sites for hydroxylation is 1. The van der Waals surface area contributed by atoms with E-state index in [9.17, 15) is 9.18 Å². The Morgan fingerprint density at radius 2 is 2.10 bits per heavy atom.